The lowest BCUT2D eigenvalue weighted by molar-refractivity contribution is 0.0824. The molecule has 0 aliphatic carbocycles. The van der Waals surface area contributed by atoms with Crippen molar-refractivity contribution in [2.75, 3.05) is 26.5 Å². The SMILES string of the molecule is COc1ccc(NC(=O)c2cnc3cccc(C)n3c2=O)cc1C(=O)N(C)C. The number of carbonyl (C=O) groups is 2. The summed E-state index contributed by atoms with van der Waals surface area (Å²) in [6, 6.07) is 9.94. The Morgan fingerprint density at radius 2 is 1.89 bits per heavy atom. The fraction of sp³-hybridized carbons (Fsp3) is 0.200. The molecule has 0 atom stereocenters. The fourth-order valence-corrected chi connectivity index (χ4v) is 2.82. The Kier molecular flexibility index (Phi) is 5.12. The third kappa shape index (κ3) is 3.44. The number of benzene rings is 1. The number of hydrogen-bond acceptors (Lipinski definition) is 5. The second-order valence-corrected chi connectivity index (χ2v) is 6.41. The molecule has 3 aromatic rings. The third-order valence-corrected chi connectivity index (χ3v) is 4.26. The van der Waals surface area contributed by atoms with Crippen LogP contribution in [0.5, 0.6) is 5.75 Å². The van der Waals surface area contributed by atoms with E-state index in [1.165, 1.54) is 28.7 Å². The number of carbonyl (C=O) groups excluding carboxylic acids is 2. The van der Waals surface area contributed by atoms with Crippen molar-refractivity contribution < 1.29 is 14.3 Å². The number of ether oxygens (including phenoxy) is 1. The monoisotopic (exact) mass is 380 g/mol. The van der Waals surface area contributed by atoms with Crippen LogP contribution in [0.4, 0.5) is 5.69 Å². The molecule has 144 valence electrons. The molecule has 0 aliphatic heterocycles. The minimum atomic E-state index is -0.608. The summed E-state index contributed by atoms with van der Waals surface area (Å²) in [7, 11) is 4.71. The number of aromatic nitrogens is 2. The van der Waals surface area contributed by atoms with E-state index in [-0.39, 0.29) is 11.5 Å². The largest absolute Gasteiger partial charge is 0.496 e. The van der Waals surface area contributed by atoms with E-state index < -0.39 is 11.5 Å². The Morgan fingerprint density at radius 1 is 1.14 bits per heavy atom. The predicted octanol–water partition coefficient (Wildman–Crippen LogP) is 1.97. The topological polar surface area (TPSA) is 93.0 Å². The third-order valence-electron chi connectivity index (χ3n) is 4.26. The molecule has 0 saturated carbocycles. The Morgan fingerprint density at radius 3 is 2.57 bits per heavy atom. The van der Waals surface area contributed by atoms with E-state index in [4.69, 9.17) is 4.74 Å². The zero-order chi connectivity index (χ0) is 20.4. The van der Waals surface area contributed by atoms with E-state index in [0.717, 1.165) is 0 Å². The maximum Gasteiger partial charge on any atom is 0.270 e. The Bertz CT molecular complexity index is 1130. The summed E-state index contributed by atoms with van der Waals surface area (Å²) in [5.74, 6) is -0.487. The van der Waals surface area contributed by atoms with Crippen molar-refractivity contribution in [2.45, 2.75) is 6.92 Å². The maximum atomic E-state index is 12.7. The van der Waals surface area contributed by atoms with Gasteiger partial charge in [0, 0.05) is 31.7 Å². The van der Waals surface area contributed by atoms with Gasteiger partial charge in [-0.1, -0.05) is 6.07 Å². The molecular formula is C20H20N4O4. The van der Waals surface area contributed by atoms with Gasteiger partial charge in [0.1, 0.15) is 17.0 Å². The zero-order valence-corrected chi connectivity index (χ0v) is 16.0. The van der Waals surface area contributed by atoms with E-state index >= 15 is 0 Å². The van der Waals surface area contributed by atoms with Crippen molar-refractivity contribution in [1.82, 2.24) is 14.3 Å². The fourth-order valence-electron chi connectivity index (χ4n) is 2.82. The van der Waals surface area contributed by atoms with Crippen LogP contribution in [0, 0.1) is 6.92 Å². The number of fused-ring (bicyclic) bond motifs is 1. The summed E-state index contributed by atoms with van der Waals surface area (Å²) in [5.41, 5.74) is 1.25. The lowest BCUT2D eigenvalue weighted by atomic mass is 10.1. The Balaban J connectivity index is 1.98. The van der Waals surface area contributed by atoms with Gasteiger partial charge in [0.25, 0.3) is 17.4 Å². The minimum absolute atomic E-state index is 0.0943. The van der Waals surface area contributed by atoms with Gasteiger partial charge in [-0.05, 0) is 37.3 Å². The maximum absolute atomic E-state index is 12.7. The van der Waals surface area contributed by atoms with Gasteiger partial charge in [0.15, 0.2) is 0 Å². The van der Waals surface area contributed by atoms with Crippen molar-refractivity contribution in [3.05, 3.63) is 69.8 Å². The van der Waals surface area contributed by atoms with Crippen molar-refractivity contribution in [1.29, 1.82) is 0 Å². The predicted molar refractivity (Wildman–Crippen MR) is 105 cm³/mol. The molecule has 0 saturated heterocycles. The molecule has 0 unspecified atom stereocenters. The van der Waals surface area contributed by atoms with Crippen molar-refractivity contribution in [2.24, 2.45) is 0 Å². The first-order chi connectivity index (χ1) is 13.3. The van der Waals surface area contributed by atoms with E-state index in [0.29, 0.717) is 28.3 Å². The van der Waals surface area contributed by atoms with Crippen LogP contribution in [0.1, 0.15) is 26.4 Å². The highest BCUT2D eigenvalue weighted by Gasteiger charge is 2.18. The number of hydrogen-bond donors (Lipinski definition) is 1. The van der Waals surface area contributed by atoms with Gasteiger partial charge in [-0.15, -0.1) is 0 Å². The molecule has 3 rings (SSSR count). The molecule has 0 aliphatic rings. The summed E-state index contributed by atoms with van der Waals surface area (Å²) < 4.78 is 6.60. The van der Waals surface area contributed by atoms with Crippen LogP contribution in [-0.2, 0) is 0 Å². The van der Waals surface area contributed by atoms with E-state index in [1.54, 1.807) is 51.4 Å². The van der Waals surface area contributed by atoms with E-state index in [9.17, 15) is 14.4 Å². The molecular weight excluding hydrogens is 360 g/mol. The number of amides is 2. The van der Waals surface area contributed by atoms with E-state index in [2.05, 4.69) is 10.3 Å². The second-order valence-electron chi connectivity index (χ2n) is 6.41. The summed E-state index contributed by atoms with van der Waals surface area (Å²) in [6.07, 6.45) is 1.25. The molecule has 0 bridgehead atoms. The Labute approximate surface area is 161 Å². The quantitative estimate of drug-likeness (QED) is 0.747. The second kappa shape index (κ2) is 7.51. The smallest absolute Gasteiger partial charge is 0.270 e. The van der Waals surface area contributed by atoms with Crippen LogP contribution in [0.3, 0.4) is 0 Å². The van der Waals surface area contributed by atoms with Gasteiger partial charge in [-0.25, -0.2) is 4.98 Å². The summed E-state index contributed by atoms with van der Waals surface area (Å²) in [5, 5.41) is 2.65. The molecule has 0 fully saturated rings. The molecule has 0 radical (unpaired) electrons. The highest BCUT2D eigenvalue weighted by atomic mass is 16.5. The van der Waals surface area contributed by atoms with Crippen molar-refractivity contribution in [3.63, 3.8) is 0 Å². The van der Waals surface area contributed by atoms with Gasteiger partial charge in [-0.2, -0.15) is 0 Å². The number of aryl methyl sites for hydroxylation is 1. The van der Waals surface area contributed by atoms with Crippen LogP contribution in [0.2, 0.25) is 0 Å². The zero-order valence-electron chi connectivity index (χ0n) is 16.0. The first-order valence-corrected chi connectivity index (χ1v) is 8.52. The number of rotatable bonds is 4. The molecule has 8 heteroatoms. The van der Waals surface area contributed by atoms with Gasteiger partial charge in [-0.3, -0.25) is 18.8 Å². The summed E-state index contributed by atoms with van der Waals surface area (Å²) >= 11 is 0. The first-order valence-electron chi connectivity index (χ1n) is 8.52. The van der Waals surface area contributed by atoms with Gasteiger partial charge in [0.05, 0.1) is 12.7 Å². The minimum Gasteiger partial charge on any atom is -0.496 e. The summed E-state index contributed by atoms with van der Waals surface area (Å²) in [6.45, 7) is 1.76. The lowest BCUT2D eigenvalue weighted by Crippen LogP contribution is -2.28. The number of anilines is 1. The average Bonchev–Trinajstić information content (AvgIpc) is 2.67. The highest BCUT2D eigenvalue weighted by Crippen LogP contribution is 2.24. The van der Waals surface area contributed by atoms with Gasteiger partial charge in [0.2, 0.25) is 0 Å². The molecule has 2 amide bonds. The van der Waals surface area contributed by atoms with Gasteiger partial charge < -0.3 is 15.0 Å². The lowest BCUT2D eigenvalue weighted by Gasteiger charge is -2.15. The summed E-state index contributed by atoms with van der Waals surface area (Å²) in [4.78, 5) is 43.3. The Hall–Kier alpha value is -3.68. The normalized spacial score (nSPS) is 10.6. The molecule has 8 nitrogen and oxygen atoms in total. The van der Waals surface area contributed by atoms with Crippen LogP contribution < -0.4 is 15.6 Å². The molecule has 2 aromatic heterocycles. The van der Waals surface area contributed by atoms with Crippen LogP contribution in [0.25, 0.3) is 5.65 Å². The van der Waals surface area contributed by atoms with Gasteiger partial charge >= 0.3 is 0 Å². The van der Waals surface area contributed by atoms with Crippen LogP contribution in [0.15, 0.2) is 47.4 Å². The highest BCUT2D eigenvalue weighted by molar-refractivity contribution is 6.05. The molecule has 1 N–H and O–H groups in total. The molecule has 1 aromatic carbocycles. The number of methoxy groups -OCH3 is 1. The number of nitrogens with one attached hydrogen (secondary N) is 1. The molecule has 2 heterocycles. The van der Waals surface area contributed by atoms with Crippen LogP contribution >= 0.6 is 0 Å². The van der Waals surface area contributed by atoms with Crippen molar-refractivity contribution in [3.8, 4) is 5.75 Å². The first kappa shape index (κ1) is 19.1. The number of nitrogens with zero attached hydrogens (tertiary/aromatic N) is 3. The molecule has 0 spiro atoms. The average molecular weight is 380 g/mol. The van der Waals surface area contributed by atoms with E-state index in [1.807, 2.05) is 0 Å². The van der Waals surface area contributed by atoms with Crippen LogP contribution in [-0.4, -0.2) is 47.3 Å². The molecule has 28 heavy (non-hydrogen) atoms. The van der Waals surface area contributed by atoms with Crippen molar-refractivity contribution >= 4 is 23.1 Å². The number of pyridine rings is 1. The standard InChI is InChI=1S/C20H20N4O4/c1-12-6-5-7-17-21-11-15(20(27)24(12)17)18(25)22-13-8-9-16(28-4)14(10-13)19(26)23(2)3/h5-11H,1-4H3,(H,22,25).